The average molecular weight is 223 g/mol. The highest BCUT2D eigenvalue weighted by atomic mass is 19.0. The Kier molecular flexibility index (Phi) is 29.1. The molecule has 1 aromatic rings. The molecule has 0 unspecified atom stereocenters. The quantitative estimate of drug-likeness (QED) is 0.416. The van der Waals surface area contributed by atoms with Gasteiger partial charge < -0.3 is 0 Å². The molecule has 0 saturated heterocycles. The maximum absolute atomic E-state index is 10.0. The first-order chi connectivity index (χ1) is 4.30. The van der Waals surface area contributed by atoms with Crippen LogP contribution in [-0.2, 0) is 0 Å². The van der Waals surface area contributed by atoms with Gasteiger partial charge in [0.2, 0.25) is 0 Å². The van der Waals surface area contributed by atoms with E-state index in [4.69, 9.17) is 0 Å². The van der Waals surface area contributed by atoms with E-state index < -0.39 is 4.92 Å². The van der Waals surface area contributed by atoms with Crippen molar-refractivity contribution >= 4 is 5.69 Å². The molecule has 0 amide bonds. The molecule has 0 N–H and O–H groups in total. The maximum Gasteiger partial charge on any atom is 0.269 e. The summed E-state index contributed by atoms with van der Waals surface area (Å²) in [6.07, 6.45) is 0. The molecule has 1 rings (SSSR count). The van der Waals surface area contributed by atoms with Crippen LogP contribution in [0, 0.1) is 10.1 Å². The SMILES string of the molecule is F.F.F.F.F.O=[N+]([O-])c1ccccc1. The summed E-state index contributed by atoms with van der Waals surface area (Å²) < 4.78 is 0. The molecule has 0 fully saturated rings. The summed E-state index contributed by atoms with van der Waals surface area (Å²) in [5.74, 6) is 0. The Morgan fingerprint density at radius 2 is 1.21 bits per heavy atom. The third-order valence-electron chi connectivity index (χ3n) is 0.967. The van der Waals surface area contributed by atoms with Gasteiger partial charge >= 0.3 is 0 Å². The fourth-order valence-corrected chi connectivity index (χ4v) is 0.550. The van der Waals surface area contributed by atoms with E-state index in [2.05, 4.69) is 0 Å². The van der Waals surface area contributed by atoms with Crippen LogP contribution in [0.1, 0.15) is 0 Å². The van der Waals surface area contributed by atoms with Crippen LogP contribution >= 0.6 is 0 Å². The minimum atomic E-state index is -0.417. The lowest BCUT2D eigenvalue weighted by Crippen LogP contribution is -1.84. The summed E-state index contributed by atoms with van der Waals surface area (Å²) in [6, 6.07) is 7.93. The van der Waals surface area contributed by atoms with Crippen LogP contribution < -0.4 is 0 Å². The van der Waals surface area contributed by atoms with Crippen LogP contribution in [0.25, 0.3) is 0 Å². The molecule has 0 radical (unpaired) electrons. The van der Waals surface area contributed by atoms with Gasteiger partial charge in [-0.05, 0) is 0 Å². The molecule has 0 bridgehead atoms. The van der Waals surface area contributed by atoms with Crippen molar-refractivity contribution in [1.29, 1.82) is 0 Å². The van der Waals surface area contributed by atoms with Crippen LogP contribution in [0.5, 0.6) is 0 Å². The van der Waals surface area contributed by atoms with Crippen molar-refractivity contribution in [3.05, 3.63) is 40.4 Å². The van der Waals surface area contributed by atoms with Crippen molar-refractivity contribution in [2.24, 2.45) is 0 Å². The molecule has 0 spiro atoms. The zero-order valence-electron chi connectivity index (χ0n) is 6.69. The second-order valence-electron chi connectivity index (χ2n) is 1.59. The van der Waals surface area contributed by atoms with Crippen molar-refractivity contribution in [3.8, 4) is 0 Å². The summed E-state index contributed by atoms with van der Waals surface area (Å²) in [6.45, 7) is 0. The summed E-state index contributed by atoms with van der Waals surface area (Å²) in [7, 11) is 0. The van der Waals surface area contributed by atoms with E-state index in [1.54, 1.807) is 18.2 Å². The Hall–Kier alpha value is -1.73. The van der Waals surface area contributed by atoms with E-state index in [0.29, 0.717) is 0 Å². The fraction of sp³-hybridized carbons (Fsp3) is 0. The lowest BCUT2D eigenvalue weighted by Gasteiger charge is -1.85. The van der Waals surface area contributed by atoms with Gasteiger partial charge in [-0.25, -0.2) is 0 Å². The number of nitrogens with zero attached hydrogens (tertiary/aromatic N) is 1. The van der Waals surface area contributed by atoms with E-state index in [-0.39, 0.29) is 29.2 Å². The Balaban J connectivity index is -0.0000000540. The molecular weight excluding hydrogens is 213 g/mol. The molecule has 0 aliphatic heterocycles. The van der Waals surface area contributed by atoms with Gasteiger partial charge in [0.1, 0.15) is 0 Å². The molecule has 14 heavy (non-hydrogen) atoms. The standard InChI is InChI=1S/C6H5NO2.5FH/c8-7(9)6-4-2-1-3-5-6;;;;;/h1-5H;5*1H. The first-order valence-corrected chi connectivity index (χ1v) is 2.50. The van der Waals surface area contributed by atoms with Crippen LogP contribution in [0.3, 0.4) is 0 Å². The van der Waals surface area contributed by atoms with Crippen molar-refractivity contribution in [1.82, 2.24) is 0 Å². The molecule has 0 saturated carbocycles. The van der Waals surface area contributed by atoms with Gasteiger partial charge in [0, 0.05) is 12.1 Å². The summed E-state index contributed by atoms with van der Waals surface area (Å²) in [5.41, 5.74) is 0.137. The number of benzene rings is 1. The van der Waals surface area contributed by atoms with Gasteiger partial charge in [-0.3, -0.25) is 33.6 Å². The number of halogens is 5. The molecule has 3 nitrogen and oxygen atoms in total. The Morgan fingerprint density at radius 1 is 0.857 bits per heavy atom. The van der Waals surface area contributed by atoms with Crippen molar-refractivity contribution < 1.29 is 28.4 Å². The lowest BCUT2D eigenvalue weighted by molar-refractivity contribution is -0.384. The lowest BCUT2D eigenvalue weighted by atomic mass is 10.3. The molecule has 0 heterocycles. The number of hydrogen-bond donors (Lipinski definition) is 0. The predicted molar refractivity (Wildman–Crippen MR) is 45.6 cm³/mol. The van der Waals surface area contributed by atoms with Crippen LogP contribution in [0.15, 0.2) is 30.3 Å². The minimum Gasteiger partial charge on any atom is -0.269 e. The first-order valence-electron chi connectivity index (χ1n) is 2.50. The monoisotopic (exact) mass is 223 g/mol. The highest BCUT2D eigenvalue weighted by molar-refractivity contribution is 5.27. The third-order valence-corrected chi connectivity index (χ3v) is 0.967. The molecule has 86 valence electrons. The Labute approximate surface area is 75.7 Å². The normalized spacial score (nSPS) is 5.71. The number of non-ortho nitro benzene ring substituents is 1. The Bertz CT molecular complexity index is 221. The highest BCUT2D eigenvalue weighted by Gasteiger charge is 1.98. The molecule has 0 aromatic heterocycles. The third kappa shape index (κ3) is 8.37. The summed E-state index contributed by atoms with van der Waals surface area (Å²) >= 11 is 0. The number of rotatable bonds is 1. The fourth-order valence-electron chi connectivity index (χ4n) is 0.550. The van der Waals surface area contributed by atoms with E-state index in [1.165, 1.54) is 12.1 Å². The number of para-hydroxylation sites is 1. The van der Waals surface area contributed by atoms with E-state index >= 15 is 0 Å². The Morgan fingerprint density at radius 3 is 1.43 bits per heavy atom. The van der Waals surface area contributed by atoms with Crippen molar-refractivity contribution in [3.63, 3.8) is 0 Å². The highest BCUT2D eigenvalue weighted by Crippen LogP contribution is 2.06. The zero-order valence-corrected chi connectivity index (χ0v) is 6.69. The van der Waals surface area contributed by atoms with Crippen molar-refractivity contribution in [2.75, 3.05) is 0 Å². The number of nitro groups is 1. The number of nitro benzene ring substituents is 1. The van der Waals surface area contributed by atoms with Gasteiger partial charge in [0.05, 0.1) is 4.92 Å². The van der Waals surface area contributed by atoms with Gasteiger partial charge in [0.15, 0.2) is 0 Å². The molecular formula is C6H10F5NO2. The molecule has 8 heteroatoms. The van der Waals surface area contributed by atoms with Gasteiger partial charge in [0.25, 0.3) is 5.69 Å². The smallest absolute Gasteiger partial charge is 0.269 e. The van der Waals surface area contributed by atoms with Crippen LogP contribution in [-0.4, -0.2) is 4.92 Å². The predicted octanol–water partition coefficient (Wildman–Crippen LogP) is 2.36. The zero-order chi connectivity index (χ0) is 6.69. The summed E-state index contributed by atoms with van der Waals surface area (Å²) in [5, 5.41) is 10.0. The molecule has 0 atom stereocenters. The molecule has 1 aromatic carbocycles. The minimum absolute atomic E-state index is 0. The van der Waals surface area contributed by atoms with E-state index in [1.807, 2.05) is 0 Å². The summed E-state index contributed by atoms with van der Waals surface area (Å²) in [4.78, 5) is 9.59. The van der Waals surface area contributed by atoms with Crippen molar-refractivity contribution in [2.45, 2.75) is 0 Å². The van der Waals surface area contributed by atoms with Crippen LogP contribution in [0.4, 0.5) is 29.2 Å². The first kappa shape index (κ1) is 29.5. The molecule has 0 aliphatic carbocycles. The average Bonchev–Trinajstić information content (AvgIpc) is 1.90. The largest absolute Gasteiger partial charge is 0.269 e. The second kappa shape index (κ2) is 13.8. The van der Waals surface area contributed by atoms with Gasteiger partial charge in [-0.2, -0.15) is 0 Å². The van der Waals surface area contributed by atoms with Gasteiger partial charge in [-0.1, -0.05) is 18.2 Å². The second-order valence-corrected chi connectivity index (χ2v) is 1.59. The van der Waals surface area contributed by atoms with Crippen LogP contribution in [0.2, 0.25) is 0 Å². The maximum atomic E-state index is 10.0. The topological polar surface area (TPSA) is 43.1 Å². The molecule has 0 aliphatic rings. The number of hydrogen-bond acceptors (Lipinski definition) is 2. The van der Waals surface area contributed by atoms with E-state index in [9.17, 15) is 10.1 Å². The van der Waals surface area contributed by atoms with E-state index in [0.717, 1.165) is 0 Å². The van der Waals surface area contributed by atoms with Gasteiger partial charge in [-0.15, -0.1) is 0 Å².